The maximum Gasteiger partial charge on any atom is 0.374 e. The quantitative estimate of drug-likeness (QED) is 0.809. The number of rotatable bonds is 4. The summed E-state index contributed by atoms with van der Waals surface area (Å²) in [6.45, 7) is 5.02. The van der Waals surface area contributed by atoms with Crippen LogP contribution in [0.1, 0.15) is 30.0 Å². The lowest BCUT2D eigenvalue weighted by molar-refractivity contribution is -0.149. The molecule has 0 atom stereocenters. The molecule has 3 rings (SSSR count). The maximum atomic E-state index is 11.8. The first-order chi connectivity index (χ1) is 10.6. The first kappa shape index (κ1) is 14.7. The molecule has 1 aliphatic heterocycles. The number of hydrogen-bond acceptors (Lipinski definition) is 6. The molecule has 0 aromatic carbocycles. The predicted molar refractivity (Wildman–Crippen MR) is 77.2 cm³/mol. The van der Waals surface area contributed by atoms with Gasteiger partial charge in [-0.1, -0.05) is 0 Å². The lowest BCUT2D eigenvalue weighted by Crippen LogP contribution is -2.22. The van der Waals surface area contributed by atoms with Crippen molar-refractivity contribution in [1.29, 1.82) is 0 Å². The van der Waals surface area contributed by atoms with E-state index in [9.17, 15) is 4.79 Å². The highest BCUT2D eigenvalue weighted by Gasteiger charge is 2.33. The summed E-state index contributed by atoms with van der Waals surface area (Å²) >= 11 is 0. The van der Waals surface area contributed by atoms with E-state index in [-0.39, 0.29) is 5.76 Å². The van der Waals surface area contributed by atoms with E-state index >= 15 is 0 Å². The van der Waals surface area contributed by atoms with Crippen LogP contribution in [0.2, 0.25) is 0 Å². The monoisotopic (exact) mass is 303 g/mol. The number of hydrogen-bond donors (Lipinski definition) is 0. The second kappa shape index (κ2) is 5.90. The van der Waals surface area contributed by atoms with E-state index in [0.29, 0.717) is 31.1 Å². The van der Waals surface area contributed by atoms with Gasteiger partial charge in [0, 0.05) is 11.8 Å². The normalized spacial score (nSPS) is 16.6. The number of esters is 1. The van der Waals surface area contributed by atoms with E-state index in [1.807, 2.05) is 13.0 Å². The van der Waals surface area contributed by atoms with Crippen molar-refractivity contribution in [3.8, 4) is 11.3 Å². The summed E-state index contributed by atoms with van der Waals surface area (Å²) in [7, 11) is 0. The topological polar surface area (TPSA) is 70.8 Å². The van der Waals surface area contributed by atoms with Gasteiger partial charge in [0.05, 0.1) is 37.3 Å². The summed E-state index contributed by atoms with van der Waals surface area (Å²) in [6.07, 6.45) is 3.13. The fraction of sp³-hybridized carbons (Fsp3) is 0.375. The Labute approximate surface area is 128 Å². The first-order valence-electron chi connectivity index (χ1n) is 7.13. The average Bonchev–Trinajstić information content (AvgIpc) is 3.17. The number of carbonyl (C=O) groups is 1. The third-order valence-electron chi connectivity index (χ3n) is 3.53. The Morgan fingerprint density at radius 1 is 1.32 bits per heavy atom. The van der Waals surface area contributed by atoms with E-state index in [0.717, 1.165) is 5.56 Å². The van der Waals surface area contributed by atoms with Gasteiger partial charge in [-0.25, -0.2) is 4.79 Å². The van der Waals surface area contributed by atoms with E-state index in [1.54, 1.807) is 25.3 Å². The van der Waals surface area contributed by atoms with E-state index in [1.165, 1.54) is 6.26 Å². The molecular formula is C16H17NO5. The van der Waals surface area contributed by atoms with Gasteiger partial charge < -0.3 is 18.6 Å². The van der Waals surface area contributed by atoms with Crippen LogP contribution in [-0.2, 0) is 20.0 Å². The fourth-order valence-electron chi connectivity index (χ4n) is 2.37. The standard InChI is InChI=1S/C16H17NO5/c1-3-19-15(18)14-12(6-7-20-14)13-5-4-11(10-17-13)16(2)21-8-9-22-16/h4-7,10H,3,8-9H2,1-2H3. The largest absolute Gasteiger partial charge is 0.460 e. The van der Waals surface area contributed by atoms with Gasteiger partial charge in [0.15, 0.2) is 5.79 Å². The highest BCUT2D eigenvalue weighted by atomic mass is 16.7. The molecule has 1 fully saturated rings. The van der Waals surface area contributed by atoms with Crippen LogP contribution in [0, 0.1) is 0 Å². The maximum absolute atomic E-state index is 11.8. The average molecular weight is 303 g/mol. The molecule has 1 saturated heterocycles. The Bertz CT molecular complexity index is 655. The van der Waals surface area contributed by atoms with Crippen LogP contribution in [-0.4, -0.2) is 30.8 Å². The predicted octanol–water partition coefficient (Wildman–Crippen LogP) is 2.74. The second-order valence-corrected chi connectivity index (χ2v) is 4.96. The SMILES string of the molecule is CCOC(=O)c1occc1-c1ccc(C2(C)OCCO2)cn1. The van der Waals surface area contributed by atoms with Crippen LogP contribution in [0.4, 0.5) is 0 Å². The summed E-state index contributed by atoms with van der Waals surface area (Å²) in [5.41, 5.74) is 2.06. The zero-order valence-electron chi connectivity index (χ0n) is 12.5. The highest BCUT2D eigenvalue weighted by molar-refractivity contribution is 5.93. The fourth-order valence-corrected chi connectivity index (χ4v) is 2.37. The number of nitrogens with zero attached hydrogens (tertiary/aromatic N) is 1. The molecule has 6 heteroatoms. The van der Waals surface area contributed by atoms with Crippen molar-refractivity contribution in [1.82, 2.24) is 4.98 Å². The van der Waals surface area contributed by atoms with Crippen LogP contribution < -0.4 is 0 Å². The smallest absolute Gasteiger partial charge is 0.374 e. The molecule has 0 N–H and O–H groups in total. The first-order valence-corrected chi connectivity index (χ1v) is 7.13. The lowest BCUT2D eigenvalue weighted by atomic mass is 10.1. The molecule has 2 aromatic heterocycles. The van der Waals surface area contributed by atoms with Crippen LogP contribution >= 0.6 is 0 Å². The number of furan rings is 1. The van der Waals surface area contributed by atoms with Crippen molar-refractivity contribution in [2.45, 2.75) is 19.6 Å². The summed E-state index contributed by atoms with van der Waals surface area (Å²) in [6, 6.07) is 5.37. The number of pyridine rings is 1. The minimum atomic E-state index is -0.758. The molecule has 2 aromatic rings. The van der Waals surface area contributed by atoms with Crippen LogP contribution in [0.5, 0.6) is 0 Å². The Balaban J connectivity index is 1.88. The van der Waals surface area contributed by atoms with Crippen molar-refractivity contribution in [2.24, 2.45) is 0 Å². The third kappa shape index (κ3) is 2.63. The molecule has 1 aliphatic rings. The molecule has 0 saturated carbocycles. The molecule has 0 spiro atoms. The van der Waals surface area contributed by atoms with Crippen LogP contribution in [0.25, 0.3) is 11.3 Å². The van der Waals surface area contributed by atoms with Gasteiger partial charge >= 0.3 is 5.97 Å². The van der Waals surface area contributed by atoms with E-state index in [2.05, 4.69) is 4.98 Å². The van der Waals surface area contributed by atoms with Gasteiger partial charge in [-0.3, -0.25) is 4.98 Å². The van der Waals surface area contributed by atoms with Crippen LogP contribution in [0.3, 0.4) is 0 Å². The van der Waals surface area contributed by atoms with E-state index < -0.39 is 11.8 Å². The summed E-state index contributed by atoms with van der Waals surface area (Å²) in [5.74, 6) is -1.10. The second-order valence-electron chi connectivity index (χ2n) is 4.96. The van der Waals surface area contributed by atoms with Crippen molar-refractivity contribution in [3.05, 3.63) is 42.0 Å². The van der Waals surface area contributed by atoms with Gasteiger partial charge in [-0.15, -0.1) is 0 Å². The van der Waals surface area contributed by atoms with Gasteiger partial charge in [0.2, 0.25) is 5.76 Å². The van der Waals surface area contributed by atoms with Crippen molar-refractivity contribution >= 4 is 5.97 Å². The lowest BCUT2D eigenvalue weighted by Gasteiger charge is -2.22. The molecule has 0 radical (unpaired) electrons. The number of ether oxygens (including phenoxy) is 3. The molecule has 0 unspecified atom stereocenters. The number of carbonyl (C=O) groups excluding carboxylic acids is 1. The summed E-state index contributed by atoms with van der Waals surface area (Å²) in [5, 5.41) is 0. The van der Waals surface area contributed by atoms with Crippen molar-refractivity contribution in [2.75, 3.05) is 19.8 Å². The highest BCUT2D eigenvalue weighted by Crippen LogP contribution is 2.32. The molecular weight excluding hydrogens is 286 g/mol. The van der Waals surface area contributed by atoms with Crippen LogP contribution in [0.15, 0.2) is 35.1 Å². The van der Waals surface area contributed by atoms with E-state index in [4.69, 9.17) is 18.6 Å². The van der Waals surface area contributed by atoms with Gasteiger partial charge in [0.1, 0.15) is 0 Å². The minimum Gasteiger partial charge on any atom is -0.460 e. The Kier molecular flexibility index (Phi) is 3.96. The Morgan fingerprint density at radius 2 is 2.09 bits per heavy atom. The van der Waals surface area contributed by atoms with Crippen molar-refractivity contribution in [3.63, 3.8) is 0 Å². The number of aromatic nitrogens is 1. The van der Waals surface area contributed by atoms with Gasteiger partial charge in [-0.05, 0) is 32.0 Å². The zero-order valence-corrected chi connectivity index (χ0v) is 12.5. The summed E-state index contributed by atoms with van der Waals surface area (Å²) < 4.78 is 21.4. The molecule has 22 heavy (non-hydrogen) atoms. The van der Waals surface area contributed by atoms with Gasteiger partial charge in [0.25, 0.3) is 0 Å². The van der Waals surface area contributed by atoms with Crippen molar-refractivity contribution < 1.29 is 23.4 Å². The molecule has 0 bridgehead atoms. The Hall–Kier alpha value is -2.18. The zero-order chi connectivity index (χ0) is 15.6. The molecule has 3 heterocycles. The summed E-state index contributed by atoms with van der Waals surface area (Å²) in [4.78, 5) is 16.2. The Morgan fingerprint density at radius 3 is 2.73 bits per heavy atom. The minimum absolute atomic E-state index is 0.154. The molecule has 0 aliphatic carbocycles. The van der Waals surface area contributed by atoms with Gasteiger partial charge in [-0.2, -0.15) is 0 Å². The molecule has 6 nitrogen and oxygen atoms in total. The third-order valence-corrected chi connectivity index (χ3v) is 3.53. The molecule has 116 valence electrons. The molecule has 0 amide bonds.